The zero-order chi connectivity index (χ0) is 14.8. The first-order valence-electron chi connectivity index (χ1n) is 8.05. The van der Waals surface area contributed by atoms with Gasteiger partial charge in [-0.1, -0.05) is 12.8 Å². The fourth-order valence-electron chi connectivity index (χ4n) is 3.50. The van der Waals surface area contributed by atoms with Crippen molar-refractivity contribution in [3.05, 3.63) is 0 Å². The maximum Gasteiger partial charge on any atom is 0.223 e. The maximum atomic E-state index is 12.3. The van der Waals surface area contributed by atoms with Crippen molar-refractivity contribution in [1.82, 2.24) is 10.2 Å². The molecule has 0 aromatic rings. The lowest BCUT2D eigenvalue weighted by molar-refractivity contribution is -0.143. The Hall–Kier alpha value is -0.610. The van der Waals surface area contributed by atoms with Gasteiger partial charge in [-0.3, -0.25) is 4.79 Å². The van der Waals surface area contributed by atoms with Crippen LogP contribution in [0.15, 0.2) is 0 Å². The first kappa shape index (κ1) is 15.8. The third kappa shape index (κ3) is 3.95. The lowest BCUT2D eigenvalue weighted by atomic mass is 9.71. The van der Waals surface area contributed by atoms with Crippen LogP contribution in [0.4, 0.5) is 0 Å². The molecule has 1 aliphatic carbocycles. The number of carbonyl (C=O) groups is 1. The Morgan fingerprint density at radius 1 is 1.35 bits per heavy atom. The van der Waals surface area contributed by atoms with Crippen LogP contribution in [-0.2, 0) is 4.79 Å². The number of likely N-dealkylation sites (tertiary alicyclic amines) is 1. The van der Waals surface area contributed by atoms with Gasteiger partial charge in [0.05, 0.1) is 5.60 Å². The molecular formula is C16H30N2O2. The van der Waals surface area contributed by atoms with Gasteiger partial charge in [-0.15, -0.1) is 0 Å². The smallest absolute Gasteiger partial charge is 0.223 e. The Kier molecular flexibility index (Phi) is 4.75. The average molecular weight is 282 g/mol. The van der Waals surface area contributed by atoms with E-state index in [1.54, 1.807) is 0 Å². The van der Waals surface area contributed by atoms with E-state index in [4.69, 9.17) is 0 Å². The molecule has 4 nitrogen and oxygen atoms in total. The summed E-state index contributed by atoms with van der Waals surface area (Å²) in [6.07, 6.45) is 5.64. The molecule has 116 valence electrons. The predicted octanol–water partition coefficient (Wildman–Crippen LogP) is 1.92. The number of hydrogen-bond donors (Lipinski definition) is 2. The highest BCUT2D eigenvalue weighted by Gasteiger charge is 2.43. The molecule has 1 heterocycles. The lowest BCUT2D eigenvalue weighted by Crippen LogP contribution is -2.55. The minimum Gasteiger partial charge on any atom is -0.389 e. The van der Waals surface area contributed by atoms with Crippen LogP contribution in [0.5, 0.6) is 0 Å². The van der Waals surface area contributed by atoms with Gasteiger partial charge in [0.1, 0.15) is 0 Å². The molecular weight excluding hydrogens is 252 g/mol. The lowest BCUT2D eigenvalue weighted by Gasteiger charge is -2.47. The Morgan fingerprint density at radius 2 is 2.10 bits per heavy atom. The zero-order valence-corrected chi connectivity index (χ0v) is 13.2. The van der Waals surface area contributed by atoms with Gasteiger partial charge in [0.15, 0.2) is 0 Å². The topological polar surface area (TPSA) is 52.6 Å². The van der Waals surface area contributed by atoms with Gasteiger partial charge in [-0.05, 0) is 40.0 Å². The van der Waals surface area contributed by atoms with Gasteiger partial charge in [-0.25, -0.2) is 0 Å². The minimum absolute atomic E-state index is 0.0613. The van der Waals surface area contributed by atoms with Crippen LogP contribution in [0.2, 0.25) is 0 Å². The molecule has 2 fully saturated rings. The van der Waals surface area contributed by atoms with Crippen molar-refractivity contribution in [3.8, 4) is 0 Å². The van der Waals surface area contributed by atoms with Crippen LogP contribution in [0, 0.1) is 5.92 Å². The first-order chi connectivity index (χ1) is 9.30. The third-order valence-corrected chi connectivity index (χ3v) is 4.77. The van der Waals surface area contributed by atoms with Crippen molar-refractivity contribution in [1.29, 1.82) is 0 Å². The van der Waals surface area contributed by atoms with Crippen molar-refractivity contribution in [2.24, 2.45) is 5.92 Å². The van der Waals surface area contributed by atoms with Gasteiger partial charge in [0.2, 0.25) is 5.91 Å². The van der Waals surface area contributed by atoms with Crippen LogP contribution in [0.3, 0.4) is 0 Å². The van der Waals surface area contributed by atoms with E-state index in [0.29, 0.717) is 12.3 Å². The second-order valence-corrected chi connectivity index (χ2v) is 7.56. The summed E-state index contributed by atoms with van der Waals surface area (Å²) in [5.41, 5.74) is -0.426. The van der Waals surface area contributed by atoms with Crippen LogP contribution < -0.4 is 5.32 Å². The summed E-state index contributed by atoms with van der Waals surface area (Å²) in [7, 11) is 0. The summed E-state index contributed by atoms with van der Waals surface area (Å²) < 4.78 is 0. The number of amides is 1. The van der Waals surface area contributed by atoms with E-state index in [0.717, 1.165) is 45.3 Å². The average Bonchev–Trinajstić information content (AvgIpc) is 2.36. The minimum atomic E-state index is -0.487. The standard InChI is InChI=1S/C16H30N2O2/c1-15(2,3)17-10-7-14(19)18-11-9-16(20)8-5-4-6-13(16)12-18/h13,17,20H,4-12H2,1-3H3. The molecule has 1 saturated heterocycles. The van der Waals surface area contributed by atoms with Gasteiger partial charge >= 0.3 is 0 Å². The zero-order valence-electron chi connectivity index (χ0n) is 13.2. The number of aliphatic hydroxyl groups is 1. The highest BCUT2D eigenvalue weighted by atomic mass is 16.3. The molecule has 2 aliphatic rings. The predicted molar refractivity (Wildman–Crippen MR) is 80.5 cm³/mol. The summed E-state index contributed by atoms with van der Waals surface area (Å²) in [5, 5.41) is 14.0. The van der Waals surface area contributed by atoms with Gasteiger partial charge in [0.25, 0.3) is 0 Å². The second-order valence-electron chi connectivity index (χ2n) is 7.56. The number of carbonyl (C=O) groups excluding carboxylic acids is 1. The molecule has 0 aromatic heterocycles. The quantitative estimate of drug-likeness (QED) is 0.831. The van der Waals surface area contributed by atoms with E-state index < -0.39 is 5.60 Å². The molecule has 0 radical (unpaired) electrons. The SMILES string of the molecule is CC(C)(C)NCCC(=O)N1CCC2(O)CCCCC2C1. The fourth-order valence-corrected chi connectivity index (χ4v) is 3.50. The van der Waals surface area contributed by atoms with Crippen LogP contribution in [0.25, 0.3) is 0 Å². The highest BCUT2D eigenvalue weighted by molar-refractivity contribution is 5.76. The molecule has 0 bridgehead atoms. The monoisotopic (exact) mass is 282 g/mol. The summed E-state index contributed by atoms with van der Waals surface area (Å²) in [4.78, 5) is 14.2. The van der Waals surface area contributed by atoms with E-state index in [1.165, 1.54) is 6.42 Å². The van der Waals surface area contributed by atoms with Crippen molar-refractivity contribution in [3.63, 3.8) is 0 Å². The number of nitrogens with zero attached hydrogens (tertiary/aromatic N) is 1. The fraction of sp³-hybridized carbons (Fsp3) is 0.938. The molecule has 0 aromatic carbocycles. The Labute approximate surface area is 122 Å². The van der Waals surface area contributed by atoms with E-state index in [1.807, 2.05) is 4.90 Å². The molecule has 2 N–H and O–H groups in total. The van der Waals surface area contributed by atoms with Crippen molar-refractivity contribution in [2.45, 2.75) is 70.4 Å². The number of piperidine rings is 1. The number of rotatable bonds is 3. The second kappa shape index (κ2) is 6.02. The molecule has 1 saturated carbocycles. The summed E-state index contributed by atoms with van der Waals surface area (Å²) >= 11 is 0. The Balaban J connectivity index is 1.80. The molecule has 20 heavy (non-hydrogen) atoms. The Bertz CT molecular complexity index is 351. The normalized spacial score (nSPS) is 31.0. The third-order valence-electron chi connectivity index (χ3n) is 4.77. The van der Waals surface area contributed by atoms with Crippen LogP contribution in [-0.4, -0.2) is 46.7 Å². The number of fused-ring (bicyclic) bond motifs is 1. The summed E-state index contributed by atoms with van der Waals surface area (Å²) in [5.74, 6) is 0.527. The summed E-state index contributed by atoms with van der Waals surface area (Å²) in [6.45, 7) is 8.54. The van der Waals surface area contributed by atoms with Crippen molar-refractivity contribution in [2.75, 3.05) is 19.6 Å². The molecule has 2 atom stereocenters. The first-order valence-corrected chi connectivity index (χ1v) is 8.05. The van der Waals surface area contributed by atoms with Crippen molar-refractivity contribution >= 4 is 5.91 Å². The largest absolute Gasteiger partial charge is 0.389 e. The molecule has 4 heteroatoms. The number of hydrogen-bond acceptors (Lipinski definition) is 3. The van der Waals surface area contributed by atoms with E-state index in [9.17, 15) is 9.90 Å². The molecule has 2 unspecified atom stereocenters. The van der Waals surface area contributed by atoms with Crippen LogP contribution in [0.1, 0.15) is 59.3 Å². The molecule has 0 spiro atoms. The highest BCUT2D eigenvalue weighted by Crippen LogP contribution is 2.39. The van der Waals surface area contributed by atoms with Crippen LogP contribution >= 0.6 is 0 Å². The summed E-state index contributed by atoms with van der Waals surface area (Å²) in [6, 6.07) is 0. The maximum absolute atomic E-state index is 12.3. The van der Waals surface area contributed by atoms with E-state index >= 15 is 0 Å². The van der Waals surface area contributed by atoms with E-state index in [2.05, 4.69) is 26.1 Å². The van der Waals surface area contributed by atoms with Gasteiger partial charge < -0.3 is 15.3 Å². The molecule has 2 rings (SSSR count). The van der Waals surface area contributed by atoms with Gasteiger partial charge in [0, 0.05) is 37.5 Å². The Morgan fingerprint density at radius 3 is 2.80 bits per heavy atom. The molecule has 1 amide bonds. The molecule has 1 aliphatic heterocycles. The van der Waals surface area contributed by atoms with E-state index in [-0.39, 0.29) is 11.4 Å². The number of nitrogens with one attached hydrogen (secondary N) is 1. The van der Waals surface area contributed by atoms with Crippen molar-refractivity contribution < 1.29 is 9.90 Å². The van der Waals surface area contributed by atoms with Gasteiger partial charge in [-0.2, -0.15) is 0 Å².